The molecule has 3 atom stereocenters. The third-order valence-corrected chi connectivity index (χ3v) is 3.52. The first-order valence-corrected chi connectivity index (χ1v) is 5.72. The van der Waals surface area contributed by atoms with Crippen molar-refractivity contribution in [1.29, 1.82) is 0 Å². The Morgan fingerprint density at radius 2 is 2.40 bits per heavy atom. The second-order valence-corrected chi connectivity index (χ2v) is 4.52. The molecule has 2 saturated heterocycles. The van der Waals surface area contributed by atoms with Crippen molar-refractivity contribution in [3.8, 4) is 5.88 Å². The molecule has 1 aromatic heterocycles. The second-order valence-electron chi connectivity index (χ2n) is 4.52. The summed E-state index contributed by atoms with van der Waals surface area (Å²) >= 11 is 0. The van der Waals surface area contributed by atoms with Crippen LogP contribution < -0.4 is 10.1 Å². The fraction of sp³-hybridized carbons (Fsp3) is 0.583. The van der Waals surface area contributed by atoms with Gasteiger partial charge >= 0.3 is 0 Å². The number of ether oxygens (including phenoxy) is 1. The summed E-state index contributed by atoms with van der Waals surface area (Å²) in [5.41, 5.74) is 0. The van der Waals surface area contributed by atoms with Crippen LogP contribution in [0.4, 0.5) is 0 Å². The van der Waals surface area contributed by atoms with Crippen molar-refractivity contribution in [2.45, 2.75) is 31.3 Å². The van der Waals surface area contributed by atoms with Crippen LogP contribution in [0.3, 0.4) is 0 Å². The maximum absolute atomic E-state index is 5.69. The van der Waals surface area contributed by atoms with Crippen LogP contribution in [-0.4, -0.2) is 23.7 Å². The molecule has 3 heteroatoms. The summed E-state index contributed by atoms with van der Waals surface area (Å²) < 4.78 is 5.69. The molecule has 0 radical (unpaired) electrons. The zero-order chi connectivity index (χ0) is 10.1. The van der Waals surface area contributed by atoms with Crippen LogP contribution >= 0.6 is 0 Å². The van der Waals surface area contributed by atoms with Gasteiger partial charge in [-0.1, -0.05) is 6.07 Å². The Labute approximate surface area is 89.9 Å². The molecular formula is C12H16N2O. The minimum absolute atomic E-state index is 0.686. The van der Waals surface area contributed by atoms with Gasteiger partial charge in [0.25, 0.3) is 0 Å². The molecule has 2 aliphatic heterocycles. The lowest BCUT2D eigenvalue weighted by molar-refractivity contribution is 0.216. The average molecular weight is 204 g/mol. The number of pyridine rings is 1. The summed E-state index contributed by atoms with van der Waals surface area (Å²) in [6.07, 6.45) is 5.72. The molecule has 15 heavy (non-hydrogen) atoms. The minimum atomic E-state index is 0.686. The Morgan fingerprint density at radius 3 is 3.07 bits per heavy atom. The number of nitrogens with one attached hydrogen (secondary N) is 1. The first-order valence-electron chi connectivity index (χ1n) is 5.72. The van der Waals surface area contributed by atoms with Crippen LogP contribution in [0.1, 0.15) is 19.3 Å². The summed E-state index contributed by atoms with van der Waals surface area (Å²) in [5, 5.41) is 3.61. The van der Waals surface area contributed by atoms with Gasteiger partial charge in [0.15, 0.2) is 0 Å². The molecular weight excluding hydrogens is 188 g/mol. The van der Waals surface area contributed by atoms with Gasteiger partial charge in [0.05, 0.1) is 6.61 Å². The summed E-state index contributed by atoms with van der Waals surface area (Å²) in [7, 11) is 0. The van der Waals surface area contributed by atoms with Crippen molar-refractivity contribution in [1.82, 2.24) is 10.3 Å². The molecule has 2 fully saturated rings. The monoisotopic (exact) mass is 204 g/mol. The second kappa shape index (κ2) is 3.81. The predicted octanol–water partition coefficient (Wildman–Crippen LogP) is 1.60. The molecule has 0 saturated carbocycles. The Hall–Kier alpha value is -1.09. The maximum atomic E-state index is 5.69. The van der Waals surface area contributed by atoms with Gasteiger partial charge in [-0.05, 0) is 25.3 Å². The molecule has 0 amide bonds. The van der Waals surface area contributed by atoms with Gasteiger partial charge in [0.1, 0.15) is 0 Å². The standard InChI is InChI=1S/C12H16N2O/c1-2-6-13-12(3-1)15-8-9-7-10-4-5-11(9)14-10/h1-3,6,9-11,14H,4-5,7-8H2. The van der Waals surface area contributed by atoms with Crippen molar-refractivity contribution in [2.24, 2.45) is 5.92 Å². The summed E-state index contributed by atoms with van der Waals surface area (Å²) in [4.78, 5) is 4.16. The number of hydrogen-bond donors (Lipinski definition) is 1. The van der Waals surface area contributed by atoms with E-state index in [1.807, 2.05) is 18.2 Å². The number of rotatable bonds is 3. The van der Waals surface area contributed by atoms with Gasteiger partial charge in [-0.25, -0.2) is 4.98 Å². The molecule has 0 aliphatic carbocycles. The maximum Gasteiger partial charge on any atom is 0.213 e. The minimum Gasteiger partial charge on any atom is -0.477 e. The quantitative estimate of drug-likeness (QED) is 0.812. The number of hydrogen-bond acceptors (Lipinski definition) is 3. The zero-order valence-electron chi connectivity index (χ0n) is 8.73. The molecule has 3 rings (SSSR count). The molecule has 0 aromatic carbocycles. The zero-order valence-corrected chi connectivity index (χ0v) is 8.73. The van der Waals surface area contributed by atoms with E-state index in [9.17, 15) is 0 Å². The molecule has 3 unspecified atom stereocenters. The number of fused-ring (bicyclic) bond motifs is 2. The number of nitrogens with zero attached hydrogens (tertiary/aromatic N) is 1. The molecule has 3 heterocycles. The van der Waals surface area contributed by atoms with E-state index >= 15 is 0 Å². The average Bonchev–Trinajstić information content (AvgIpc) is 2.89. The van der Waals surface area contributed by atoms with Gasteiger partial charge in [-0.15, -0.1) is 0 Å². The Kier molecular flexibility index (Phi) is 2.33. The molecule has 80 valence electrons. The van der Waals surface area contributed by atoms with Crippen LogP contribution in [0.2, 0.25) is 0 Å². The van der Waals surface area contributed by atoms with E-state index in [0.29, 0.717) is 12.0 Å². The van der Waals surface area contributed by atoms with E-state index in [1.165, 1.54) is 19.3 Å². The largest absolute Gasteiger partial charge is 0.477 e. The van der Waals surface area contributed by atoms with Crippen LogP contribution in [0.5, 0.6) is 5.88 Å². The number of aromatic nitrogens is 1. The molecule has 1 aromatic rings. The van der Waals surface area contributed by atoms with E-state index in [2.05, 4.69) is 10.3 Å². The summed E-state index contributed by atoms with van der Waals surface area (Å²) in [5.74, 6) is 1.44. The van der Waals surface area contributed by atoms with Crippen molar-refractivity contribution < 1.29 is 4.74 Å². The summed E-state index contributed by atoms with van der Waals surface area (Å²) in [6, 6.07) is 7.24. The molecule has 2 aliphatic rings. The van der Waals surface area contributed by atoms with Crippen molar-refractivity contribution in [3.63, 3.8) is 0 Å². The van der Waals surface area contributed by atoms with E-state index in [0.717, 1.165) is 18.5 Å². The fourth-order valence-corrected chi connectivity index (χ4v) is 2.75. The third-order valence-electron chi connectivity index (χ3n) is 3.52. The van der Waals surface area contributed by atoms with Crippen LogP contribution in [0, 0.1) is 5.92 Å². The van der Waals surface area contributed by atoms with Gasteiger partial charge < -0.3 is 10.1 Å². The van der Waals surface area contributed by atoms with Crippen LogP contribution in [0.15, 0.2) is 24.4 Å². The van der Waals surface area contributed by atoms with Crippen molar-refractivity contribution in [2.75, 3.05) is 6.61 Å². The lowest BCUT2D eigenvalue weighted by Crippen LogP contribution is -2.27. The van der Waals surface area contributed by atoms with Crippen LogP contribution in [0.25, 0.3) is 0 Å². The van der Waals surface area contributed by atoms with E-state index in [1.54, 1.807) is 6.20 Å². The van der Waals surface area contributed by atoms with Crippen LogP contribution in [-0.2, 0) is 0 Å². The highest BCUT2D eigenvalue weighted by Crippen LogP contribution is 2.33. The van der Waals surface area contributed by atoms with Gasteiger partial charge in [-0.2, -0.15) is 0 Å². The highest BCUT2D eigenvalue weighted by Gasteiger charge is 2.39. The normalized spacial score (nSPS) is 33.2. The molecule has 1 N–H and O–H groups in total. The van der Waals surface area contributed by atoms with E-state index < -0.39 is 0 Å². The summed E-state index contributed by atoms with van der Waals surface area (Å²) in [6.45, 7) is 0.811. The fourth-order valence-electron chi connectivity index (χ4n) is 2.75. The molecule has 2 bridgehead atoms. The molecule has 3 nitrogen and oxygen atoms in total. The van der Waals surface area contributed by atoms with Gasteiger partial charge in [0, 0.05) is 30.3 Å². The first-order chi connectivity index (χ1) is 7.42. The van der Waals surface area contributed by atoms with Crippen molar-refractivity contribution in [3.05, 3.63) is 24.4 Å². The Balaban J connectivity index is 1.55. The Morgan fingerprint density at radius 1 is 1.40 bits per heavy atom. The highest BCUT2D eigenvalue weighted by atomic mass is 16.5. The molecule has 0 spiro atoms. The lowest BCUT2D eigenvalue weighted by Gasteiger charge is -2.19. The topological polar surface area (TPSA) is 34.1 Å². The SMILES string of the molecule is c1ccc(OCC2CC3CCC2N3)nc1. The Bertz CT molecular complexity index is 328. The predicted molar refractivity (Wildman–Crippen MR) is 57.8 cm³/mol. The van der Waals surface area contributed by atoms with E-state index in [4.69, 9.17) is 4.74 Å². The first kappa shape index (κ1) is 9.16. The smallest absolute Gasteiger partial charge is 0.213 e. The van der Waals surface area contributed by atoms with Gasteiger partial charge in [0.2, 0.25) is 5.88 Å². The lowest BCUT2D eigenvalue weighted by atomic mass is 9.90. The highest BCUT2D eigenvalue weighted by molar-refractivity contribution is 5.09. The van der Waals surface area contributed by atoms with Gasteiger partial charge in [-0.3, -0.25) is 0 Å². The van der Waals surface area contributed by atoms with E-state index in [-0.39, 0.29) is 0 Å². The van der Waals surface area contributed by atoms with Crippen molar-refractivity contribution >= 4 is 0 Å². The third kappa shape index (κ3) is 1.84.